The Morgan fingerprint density at radius 3 is 2.27 bits per heavy atom. The van der Waals surface area contributed by atoms with E-state index in [1.807, 2.05) is 12.1 Å². The molecule has 0 amide bonds. The third-order valence-corrected chi connectivity index (χ3v) is 5.40. The topological polar surface area (TPSA) is 69.7 Å². The molecular formula is C20H18O5S. The Labute approximate surface area is 152 Å². The molecule has 0 aromatic heterocycles. The van der Waals surface area contributed by atoms with Crippen molar-refractivity contribution in [3.8, 4) is 5.75 Å². The molecule has 6 heteroatoms. The number of fused-ring (bicyclic) bond motifs is 1. The number of rotatable bonds is 6. The zero-order valence-corrected chi connectivity index (χ0v) is 15.2. The second kappa shape index (κ2) is 7.27. The van der Waals surface area contributed by atoms with Crippen molar-refractivity contribution in [1.29, 1.82) is 0 Å². The minimum atomic E-state index is -4.00. The number of ether oxygens (including phenoxy) is 1. The summed E-state index contributed by atoms with van der Waals surface area (Å²) in [5.41, 5.74) is 0.387. The smallest absolute Gasteiger partial charge is 0.297 e. The molecule has 3 aromatic carbocycles. The molecule has 0 saturated heterocycles. The molecule has 3 aromatic rings. The largest absolute Gasteiger partial charge is 0.497 e. The van der Waals surface area contributed by atoms with Crippen molar-refractivity contribution in [2.24, 2.45) is 0 Å². The highest BCUT2D eigenvalue weighted by Crippen LogP contribution is 2.23. The number of carbonyl (C=O) groups excluding carboxylic acids is 1. The molecule has 5 nitrogen and oxygen atoms in total. The number of hydrogen-bond acceptors (Lipinski definition) is 5. The number of ketones is 1. The summed E-state index contributed by atoms with van der Waals surface area (Å²) in [4.78, 5) is 12.6. The van der Waals surface area contributed by atoms with Crippen molar-refractivity contribution < 1.29 is 22.1 Å². The molecule has 3 rings (SSSR count). The third kappa shape index (κ3) is 3.76. The van der Waals surface area contributed by atoms with E-state index < -0.39 is 22.0 Å². The van der Waals surface area contributed by atoms with Gasteiger partial charge >= 0.3 is 0 Å². The second-order valence-electron chi connectivity index (χ2n) is 5.80. The van der Waals surface area contributed by atoms with Crippen LogP contribution >= 0.6 is 0 Å². The molecule has 0 N–H and O–H groups in total. The molecule has 0 bridgehead atoms. The Balaban J connectivity index is 1.83. The Morgan fingerprint density at radius 1 is 0.923 bits per heavy atom. The van der Waals surface area contributed by atoms with Crippen LogP contribution in [0.15, 0.2) is 71.6 Å². The Morgan fingerprint density at radius 2 is 1.58 bits per heavy atom. The van der Waals surface area contributed by atoms with Gasteiger partial charge in [-0.25, -0.2) is 0 Å². The van der Waals surface area contributed by atoms with E-state index >= 15 is 0 Å². The normalized spacial score (nSPS) is 12.7. The Hall–Kier alpha value is -2.70. The van der Waals surface area contributed by atoms with Gasteiger partial charge in [0.25, 0.3) is 10.1 Å². The molecule has 134 valence electrons. The third-order valence-electron chi connectivity index (χ3n) is 4.00. The van der Waals surface area contributed by atoms with Crippen LogP contribution in [0.5, 0.6) is 5.75 Å². The molecule has 0 heterocycles. The summed E-state index contributed by atoms with van der Waals surface area (Å²) < 4.78 is 34.8. The summed E-state index contributed by atoms with van der Waals surface area (Å²) >= 11 is 0. The average molecular weight is 370 g/mol. The summed E-state index contributed by atoms with van der Waals surface area (Å²) in [6, 6.07) is 18.4. The number of methoxy groups -OCH3 is 1. The maximum Gasteiger partial charge on any atom is 0.297 e. The highest BCUT2D eigenvalue weighted by Gasteiger charge is 2.24. The number of Topliss-reactive ketones (excluding diaryl/α,β-unsaturated/α-hetero) is 1. The van der Waals surface area contributed by atoms with Crippen LogP contribution in [0.3, 0.4) is 0 Å². The highest BCUT2D eigenvalue weighted by atomic mass is 32.2. The predicted octanol–water partition coefficient (Wildman–Crippen LogP) is 3.83. The van der Waals surface area contributed by atoms with Crippen LogP contribution < -0.4 is 4.74 Å². The summed E-state index contributed by atoms with van der Waals surface area (Å²) in [5, 5.41) is 1.78. The molecule has 0 spiro atoms. The lowest BCUT2D eigenvalue weighted by Crippen LogP contribution is -2.24. The zero-order valence-electron chi connectivity index (χ0n) is 14.4. The van der Waals surface area contributed by atoms with Crippen LogP contribution in [0, 0.1) is 0 Å². The van der Waals surface area contributed by atoms with Crippen LogP contribution in [0.1, 0.15) is 17.3 Å². The Kier molecular flexibility index (Phi) is 5.06. The van der Waals surface area contributed by atoms with Crippen LogP contribution in [0.4, 0.5) is 0 Å². The fourth-order valence-electron chi connectivity index (χ4n) is 2.62. The van der Waals surface area contributed by atoms with Crippen molar-refractivity contribution in [3.05, 3.63) is 72.3 Å². The highest BCUT2D eigenvalue weighted by molar-refractivity contribution is 7.86. The van der Waals surface area contributed by atoms with Gasteiger partial charge in [-0.1, -0.05) is 36.4 Å². The summed E-state index contributed by atoms with van der Waals surface area (Å²) in [7, 11) is -2.41. The van der Waals surface area contributed by atoms with Crippen LogP contribution in [0.2, 0.25) is 0 Å². The van der Waals surface area contributed by atoms with Crippen molar-refractivity contribution >= 4 is 26.7 Å². The SMILES string of the molecule is COc1ccc2cc(C(=O)[C@@H](C)OS(=O)(=O)c3ccccc3)ccc2c1. The Bertz CT molecular complexity index is 1040. The molecule has 0 saturated carbocycles. The van der Waals surface area contributed by atoms with Gasteiger partial charge < -0.3 is 4.74 Å². The fraction of sp³-hybridized carbons (Fsp3) is 0.150. The molecular weight excluding hydrogens is 352 g/mol. The maximum absolute atomic E-state index is 12.6. The van der Waals surface area contributed by atoms with Gasteiger partial charge in [-0.2, -0.15) is 8.42 Å². The first-order chi connectivity index (χ1) is 12.4. The molecule has 0 unspecified atom stereocenters. The van der Waals surface area contributed by atoms with Gasteiger partial charge in [0.2, 0.25) is 0 Å². The number of hydrogen-bond donors (Lipinski definition) is 0. The van der Waals surface area contributed by atoms with Crippen LogP contribution in [-0.2, 0) is 14.3 Å². The van der Waals surface area contributed by atoms with Gasteiger partial charge in [-0.15, -0.1) is 0 Å². The molecule has 26 heavy (non-hydrogen) atoms. The van der Waals surface area contributed by atoms with Crippen LogP contribution in [-0.4, -0.2) is 27.4 Å². The number of benzene rings is 3. The lowest BCUT2D eigenvalue weighted by molar-refractivity contribution is 0.0826. The maximum atomic E-state index is 12.6. The lowest BCUT2D eigenvalue weighted by Gasteiger charge is -2.13. The van der Waals surface area contributed by atoms with E-state index in [2.05, 4.69) is 0 Å². The summed E-state index contributed by atoms with van der Waals surface area (Å²) in [6.45, 7) is 1.43. The van der Waals surface area contributed by atoms with Crippen molar-refractivity contribution in [3.63, 3.8) is 0 Å². The van der Waals surface area contributed by atoms with Gasteiger partial charge in [-0.3, -0.25) is 8.98 Å². The minimum Gasteiger partial charge on any atom is -0.497 e. The first kappa shape index (κ1) is 18.1. The van der Waals surface area contributed by atoms with Gasteiger partial charge in [0, 0.05) is 5.56 Å². The van der Waals surface area contributed by atoms with Crippen molar-refractivity contribution in [2.75, 3.05) is 7.11 Å². The van der Waals surface area contributed by atoms with E-state index in [9.17, 15) is 13.2 Å². The molecule has 0 aliphatic rings. The van der Waals surface area contributed by atoms with Gasteiger partial charge in [0.1, 0.15) is 11.9 Å². The number of carbonyl (C=O) groups is 1. The van der Waals surface area contributed by atoms with E-state index in [0.29, 0.717) is 5.56 Å². The second-order valence-corrected chi connectivity index (χ2v) is 7.37. The van der Waals surface area contributed by atoms with Gasteiger partial charge in [0.05, 0.1) is 12.0 Å². The summed E-state index contributed by atoms with van der Waals surface area (Å²) in [6.07, 6.45) is -1.13. The first-order valence-corrected chi connectivity index (χ1v) is 9.42. The van der Waals surface area contributed by atoms with Crippen molar-refractivity contribution in [1.82, 2.24) is 0 Å². The lowest BCUT2D eigenvalue weighted by atomic mass is 10.0. The minimum absolute atomic E-state index is 0.0188. The fourth-order valence-corrected chi connectivity index (χ4v) is 3.68. The van der Waals surface area contributed by atoms with Crippen LogP contribution in [0.25, 0.3) is 10.8 Å². The zero-order chi connectivity index (χ0) is 18.7. The van der Waals surface area contributed by atoms with E-state index in [-0.39, 0.29) is 4.90 Å². The van der Waals surface area contributed by atoms with E-state index in [0.717, 1.165) is 16.5 Å². The first-order valence-electron chi connectivity index (χ1n) is 8.01. The van der Waals surface area contributed by atoms with E-state index in [4.69, 9.17) is 8.92 Å². The molecule has 0 aliphatic carbocycles. The van der Waals surface area contributed by atoms with Crippen molar-refractivity contribution in [2.45, 2.75) is 17.9 Å². The molecule has 0 fully saturated rings. The van der Waals surface area contributed by atoms with E-state index in [1.165, 1.54) is 19.1 Å². The van der Waals surface area contributed by atoms with E-state index in [1.54, 1.807) is 49.6 Å². The average Bonchev–Trinajstić information content (AvgIpc) is 2.66. The molecule has 1 atom stereocenters. The summed E-state index contributed by atoms with van der Waals surface area (Å²) in [5.74, 6) is 0.324. The van der Waals surface area contributed by atoms with Gasteiger partial charge in [-0.05, 0) is 48.0 Å². The standard InChI is InChI=1S/C20H18O5S/c1-14(25-26(22,23)19-6-4-3-5-7-19)20(21)17-9-8-16-13-18(24-2)11-10-15(16)12-17/h3-14H,1-2H3/t14-/m1/s1. The monoisotopic (exact) mass is 370 g/mol. The predicted molar refractivity (Wildman–Crippen MR) is 99.0 cm³/mol. The molecule has 0 radical (unpaired) electrons. The molecule has 0 aliphatic heterocycles. The quantitative estimate of drug-likeness (QED) is 0.487. The van der Waals surface area contributed by atoms with Gasteiger partial charge in [0.15, 0.2) is 5.78 Å².